The maximum atomic E-state index is 11.3. The maximum absolute atomic E-state index is 11.3. The molecule has 44 heavy (non-hydrogen) atoms. The Hall–Kier alpha value is -4.16. The van der Waals surface area contributed by atoms with Gasteiger partial charge in [-0.15, -0.1) is 6.42 Å². The van der Waals surface area contributed by atoms with Gasteiger partial charge in [0.25, 0.3) is 0 Å². The summed E-state index contributed by atoms with van der Waals surface area (Å²) in [6.07, 6.45) is 14.9. The zero-order valence-electron chi connectivity index (χ0n) is 24.9. The Bertz CT molecular complexity index is 1640. The van der Waals surface area contributed by atoms with Crippen molar-refractivity contribution in [1.29, 1.82) is 5.26 Å². The van der Waals surface area contributed by atoms with Crippen LogP contribution in [0.4, 0.5) is 0 Å². The lowest BCUT2D eigenvalue weighted by Crippen LogP contribution is -2.52. The Kier molecular flexibility index (Phi) is 10.8. The number of rotatable bonds is 13. The van der Waals surface area contributed by atoms with E-state index in [0.717, 1.165) is 25.8 Å². The van der Waals surface area contributed by atoms with Crippen molar-refractivity contribution in [3.05, 3.63) is 105 Å². The average molecular weight is 704 g/mol. The van der Waals surface area contributed by atoms with Crippen LogP contribution in [0, 0.1) is 32.7 Å². The van der Waals surface area contributed by atoms with Gasteiger partial charge < -0.3 is 19.3 Å². The molecule has 0 amide bonds. The highest BCUT2D eigenvalue weighted by Crippen LogP contribution is 2.49. The summed E-state index contributed by atoms with van der Waals surface area (Å²) in [6, 6.07) is 17.7. The highest BCUT2D eigenvalue weighted by molar-refractivity contribution is 14.1. The van der Waals surface area contributed by atoms with E-state index >= 15 is 0 Å². The largest absolute Gasteiger partial charge is 0.489 e. The number of nitrogens with zero attached hydrogens (tertiary/aromatic N) is 3. The van der Waals surface area contributed by atoms with E-state index in [9.17, 15) is 15.2 Å². The minimum Gasteiger partial charge on any atom is -0.489 e. The number of allylic oxidation sites excluding steroid dienone is 2. The molecule has 0 fully saturated rings. The second kappa shape index (κ2) is 14.5. The van der Waals surface area contributed by atoms with Crippen LogP contribution >= 0.6 is 22.6 Å². The molecule has 1 aliphatic carbocycles. The third kappa shape index (κ3) is 7.67. The lowest BCUT2D eigenvalue weighted by molar-refractivity contribution is -0.138. The minimum atomic E-state index is -0.923. The van der Waals surface area contributed by atoms with Crippen molar-refractivity contribution in [2.45, 2.75) is 32.6 Å². The van der Waals surface area contributed by atoms with Gasteiger partial charge in [0, 0.05) is 41.5 Å². The van der Waals surface area contributed by atoms with Crippen molar-refractivity contribution >= 4 is 34.1 Å². The summed E-state index contributed by atoms with van der Waals surface area (Å²) in [5.74, 6) is 2.79. The van der Waals surface area contributed by atoms with E-state index < -0.39 is 17.0 Å². The van der Waals surface area contributed by atoms with Gasteiger partial charge in [-0.25, -0.2) is 0 Å². The fourth-order valence-electron chi connectivity index (χ4n) is 5.18. The number of nitriles is 1. The fourth-order valence-corrected chi connectivity index (χ4v) is 5.87. The normalized spacial score (nSPS) is 16.9. The molecule has 1 heterocycles. The molecule has 0 saturated carbocycles. The summed E-state index contributed by atoms with van der Waals surface area (Å²) in [7, 11) is 1.73. The summed E-state index contributed by atoms with van der Waals surface area (Å²) in [5, 5.41) is 18.5. The number of pyridine rings is 1. The number of carboxylic acid groups (broad SMARTS) is 1. The first-order chi connectivity index (χ1) is 21.1. The molecule has 1 atom stereocenters. The molecule has 1 aliphatic rings. The number of benzene rings is 2. The van der Waals surface area contributed by atoms with Gasteiger partial charge in [0.1, 0.15) is 43.0 Å². The molecule has 226 valence electrons. The molecule has 0 radical (unpaired) electrons. The molecule has 3 aromatic rings. The summed E-state index contributed by atoms with van der Waals surface area (Å²) in [4.78, 5) is 17.1. The standard InChI is InChI=1S/C35H34IN3O5/c1-5-14-44-35(13-9-12-29(34(35,2)3)27-10-7-6-8-11-27)24-43-32-17-31(42-23-26-15-25(18-37)19-38-20-26)28(16-30(32)36)21-39(4)22-33(40)41/h1,6-13,15-17,19-20H,14,21-24H2,2-4H3,(H,40,41). The van der Waals surface area contributed by atoms with Gasteiger partial charge in [-0.3, -0.25) is 14.7 Å². The molecule has 2 aromatic carbocycles. The number of carbonyl (C=O) groups is 1. The zero-order chi connectivity index (χ0) is 31.7. The second-order valence-corrected chi connectivity index (χ2v) is 12.2. The molecule has 0 bridgehead atoms. The van der Waals surface area contributed by atoms with Crippen LogP contribution in [0.3, 0.4) is 0 Å². The van der Waals surface area contributed by atoms with Gasteiger partial charge in [0.2, 0.25) is 0 Å². The lowest BCUT2D eigenvalue weighted by Gasteiger charge is -2.47. The Labute approximate surface area is 272 Å². The fraction of sp³-hybridized carbons (Fsp3) is 0.286. The number of terminal acetylenes is 1. The van der Waals surface area contributed by atoms with E-state index in [-0.39, 0.29) is 26.4 Å². The Morgan fingerprint density at radius 3 is 2.61 bits per heavy atom. The predicted molar refractivity (Wildman–Crippen MR) is 177 cm³/mol. The van der Waals surface area contributed by atoms with Crippen LogP contribution in [0.25, 0.3) is 5.57 Å². The highest BCUT2D eigenvalue weighted by atomic mass is 127. The van der Waals surface area contributed by atoms with E-state index in [1.165, 1.54) is 6.20 Å². The number of hydrogen-bond donors (Lipinski definition) is 1. The zero-order valence-corrected chi connectivity index (χ0v) is 27.1. The van der Waals surface area contributed by atoms with Crippen LogP contribution in [0.2, 0.25) is 0 Å². The monoisotopic (exact) mass is 703 g/mol. The number of carboxylic acids is 1. The van der Waals surface area contributed by atoms with Gasteiger partial charge in [-0.2, -0.15) is 5.26 Å². The van der Waals surface area contributed by atoms with E-state index in [4.69, 9.17) is 20.6 Å². The number of aromatic nitrogens is 1. The highest BCUT2D eigenvalue weighted by Gasteiger charge is 2.49. The van der Waals surface area contributed by atoms with E-state index in [0.29, 0.717) is 23.6 Å². The van der Waals surface area contributed by atoms with Gasteiger partial charge in [-0.05, 0) is 59.0 Å². The lowest BCUT2D eigenvalue weighted by atomic mass is 9.65. The van der Waals surface area contributed by atoms with Gasteiger partial charge in [-0.1, -0.05) is 62.3 Å². The van der Waals surface area contributed by atoms with Gasteiger partial charge in [0.05, 0.1) is 15.7 Å². The van der Waals surface area contributed by atoms with Crippen molar-refractivity contribution in [3.63, 3.8) is 0 Å². The molecule has 8 nitrogen and oxygen atoms in total. The SMILES string of the molecule is C#CCOC1(COc2cc(OCc3cncc(C#N)c3)c(CN(C)CC(=O)O)cc2I)C=CC=C(c2ccccc2)C1(C)C. The Morgan fingerprint density at radius 1 is 1.14 bits per heavy atom. The van der Waals surface area contributed by atoms with Gasteiger partial charge in [0.15, 0.2) is 0 Å². The topological polar surface area (TPSA) is 105 Å². The Morgan fingerprint density at radius 2 is 1.91 bits per heavy atom. The molecule has 9 heteroatoms. The number of aliphatic carboxylic acids is 1. The van der Waals surface area contributed by atoms with Crippen LogP contribution < -0.4 is 9.47 Å². The average Bonchev–Trinajstić information content (AvgIpc) is 3.00. The number of hydrogen-bond acceptors (Lipinski definition) is 7. The molecule has 1 aromatic heterocycles. The smallest absolute Gasteiger partial charge is 0.317 e. The molecule has 4 rings (SSSR count). The quantitative estimate of drug-likeness (QED) is 0.168. The summed E-state index contributed by atoms with van der Waals surface area (Å²) in [5.41, 5.74) is 2.75. The molecule has 0 spiro atoms. The van der Waals surface area contributed by atoms with E-state index in [2.05, 4.69) is 71.6 Å². The van der Waals surface area contributed by atoms with Crippen LogP contribution in [-0.4, -0.2) is 53.4 Å². The van der Waals surface area contributed by atoms with Crippen LogP contribution in [0.15, 0.2) is 79.2 Å². The Balaban J connectivity index is 1.65. The predicted octanol–water partition coefficient (Wildman–Crippen LogP) is 6.10. The summed E-state index contributed by atoms with van der Waals surface area (Å²) in [6.45, 7) is 4.90. The molecule has 1 N–H and O–H groups in total. The number of ether oxygens (including phenoxy) is 3. The van der Waals surface area contributed by atoms with Crippen LogP contribution in [-0.2, 0) is 22.7 Å². The first-order valence-corrected chi connectivity index (χ1v) is 15.0. The van der Waals surface area contributed by atoms with Crippen molar-refractivity contribution < 1.29 is 24.1 Å². The first kappa shape index (κ1) is 32.7. The van der Waals surface area contributed by atoms with Crippen molar-refractivity contribution in [2.24, 2.45) is 5.41 Å². The third-order valence-electron chi connectivity index (χ3n) is 7.58. The van der Waals surface area contributed by atoms with E-state index in [1.54, 1.807) is 24.2 Å². The van der Waals surface area contributed by atoms with Crippen LogP contribution in [0.1, 0.15) is 36.1 Å². The minimum absolute atomic E-state index is 0.106. The summed E-state index contributed by atoms with van der Waals surface area (Å²) < 4.78 is 20.0. The van der Waals surface area contributed by atoms with Crippen LogP contribution in [0.5, 0.6) is 11.5 Å². The third-order valence-corrected chi connectivity index (χ3v) is 8.42. The molecule has 1 unspecified atom stereocenters. The first-order valence-electron chi connectivity index (χ1n) is 13.9. The maximum Gasteiger partial charge on any atom is 0.317 e. The van der Waals surface area contributed by atoms with E-state index in [1.807, 2.05) is 42.5 Å². The molecule has 0 saturated heterocycles. The second-order valence-electron chi connectivity index (χ2n) is 11.0. The molecular formula is C35H34IN3O5. The molecular weight excluding hydrogens is 669 g/mol. The molecule has 0 aliphatic heterocycles. The van der Waals surface area contributed by atoms with Crippen molar-refractivity contribution in [3.8, 4) is 29.9 Å². The van der Waals surface area contributed by atoms with Gasteiger partial charge >= 0.3 is 5.97 Å². The van der Waals surface area contributed by atoms with Crippen molar-refractivity contribution in [1.82, 2.24) is 9.88 Å². The van der Waals surface area contributed by atoms with Crippen molar-refractivity contribution in [2.75, 3.05) is 26.8 Å². The number of halogens is 1. The number of likely N-dealkylation sites (N-methyl/N-ethyl adjacent to an activating group) is 1. The summed E-state index contributed by atoms with van der Waals surface area (Å²) >= 11 is 2.21.